The molecule has 0 aliphatic carbocycles. The van der Waals surface area contributed by atoms with Gasteiger partial charge in [0, 0.05) is 41.7 Å². The predicted molar refractivity (Wildman–Crippen MR) is 110 cm³/mol. The van der Waals surface area contributed by atoms with Crippen LogP contribution < -0.4 is 5.32 Å². The Bertz CT molecular complexity index is 1110. The Morgan fingerprint density at radius 1 is 1.21 bits per heavy atom. The summed E-state index contributed by atoms with van der Waals surface area (Å²) in [6, 6.07) is 15.8. The summed E-state index contributed by atoms with van der Waals surface area (Å²) in [4.78, 5) is 41.0. The number of pyridine rings is 1. The molecule has 0 fully saturated rings. The second kappa shape index (κ2) is 7.83. The van der Waals surface area contributed by atoms with Gasteiger partial charge in [-0.3, -0.25) is 24.7 Å². The maximum atomic E-state index is 12.8. The Kier molecular flexibility index (Phi) is 5.08. The molecule has 1 aliphatic heterocycles. The molecule has 1 unspecified atom stereocenters. The maximum absolute atomic E-state index is 12.8. The third-order valence-corrected chi connectivity index (χ3v) is 5.41. The predicted octanol–water partition coefficient (Wildman–Crippen LogP) is 3.30. The lowest BCUT2D eigenvalue weighted by Gasteiger charge is -2.23. The molecule has 146 valence electrons. The van der Waals surface area contributed by atoms with Crippen LogP contribution in [0.15, 0.2) is 54.7 Å². The molecule has 3 amide bonds. The van der Waals surface area contributed by atoms with Crippen molar-refractivity contribution >= 4 is 29.0 Å². The second-order valence-electron chi connectivity index (χ2n) is 7.29. The highest BCUT2D eigenvalue weighted by Gasteiger charge is 2.31. The first kappa shape index (κ1) is 18.8. The molecule has 1 aliphatic rings. The number of benzene rings is 2. The number of fused-ring (bicyclic) bond motifs is 2. The third kappa shape index (κ3) is 3.74. The average molecular weight is 387 g/mol. The molecule has 2 heterocycles. The summed E-state index contributed by atoms with van der Waals surface area (Å²) in [7, 11) is 0. The number of aromatic nitrogens is 1. The van der Waals surface area contributed by atoms with Gasteiger partial charge in [-0.1, -0.05) is 30.3 Å². The molecule has 4 rings (SSSR count). The lowest BCUT2D eigenvalue weighted by Crippen LogP contribution is -2.34. The van der Waals surface area contributed by atoms with Gasteiger partial charge < -0.3 is 4.90 Å². The van der Waals surface area contributed by atoms with Crippen molar-refractivity contribution in [2.45, 2.75) is 32.4 Å². The third-order valence-electron chi connectivity index (χ3n) is 5.41. The molecular formula is C23H21N3O3. The van der Waals surface area contributed by atoms with Gasteiger partial charge in [-0.05, 0) is 42.5 Å². The molecule has 0 radical (unpaired) electrons. The Morgan fingerprint density at radius 3 is 2.79 bits per heavy atom. The fraction of sp³-hybridized carbons (Fsp3) is 0.217. The number of amides is 3. The van der Waals surface area contributed by atoms with E-state index in [0.717, 1.165) is 27.6 Å². The van der Waals surface area contributed by atoms with Crippen LogP contribution in [0.4, 0.5) is 0 Å². The molecular weight excluding hydrogens is 366 g/mol. The first-order chi connectivity index (χ1) is 14.1. The highest BCUT2D eigenvalue weighted by atomic mass is 16.2. The van der Waals surface area contributed by atoms with E-state index in [9.17, 15) is 14.4 Å². The number of hydrogen-bond acceptors (Lipinski definition) is 4. The van der Waals surface area contributed by atoms with Crippen molar-refractivity contribution in [2.75, 3.05) is 0 Å². The van der Waals surface area contributed by atoms with E-state index in [1.165, 1.54) is 0 Å². The lowest BCUT2D eigenvalue weighted by molar-refractivity contribution is -0.125. The summed E-state index contributed by atoms with van der Waals surface area (Å²) in [5.41, 5.74) is 3.50. The average Bonchev–Trinajstić information content (AvgIpc) is 3.08. The maximum Gasteiger partial charge on any atom is 0.254 e. The van der Waals surface area contributed by atoms with E-state index in [2.05, 4.69) is 22.4 Å². The van der Waals surface area contributed by atoms with Crippen LogP contribution in [0.3, 0.4) is 0 Å². The number of carbonyl (C=O) groups excluding carboxylic acids is 3. The molecule has 0 bridgehead atoms. The van der Waals surface area contributed by atoms with E-state index in [1.54, 1.807) is 4.90 Å². The molecule has 1 N–H and O–H groups in total. The monoisotopic (exact) mass is 387 g/mol. The normalized spacial score (nSPS) is 14.0. The SMILES string of the molecule is CC(CCC(=O)NC=O)N1Cc2cc(-c3cc4ccccc4cn3)ccc2C1=O. The van der Waals surface area contributed by atoms with Crippen molar-refractivity contribution in [1.29, 1.82) is 0 Å². The molecule has 1 atom stereocenters. The van der Waals surface area contributed by atoms with Crippen LogP contribution in [-0.4, -0.2) is 34.2 Å². The van der Waals surface area contributed by atoms with Crippen molar-refractivity contribution in [1.82, 2.24) is 15.2 Å². The lowest BCUT2D eigenvalue weighted by atomic mass is 10.0. The van der Waals surface area contributed by atoms with Crippen molar-refractivity contribution in [3.05, 3.63) is 65.9 Å². The minimum Gasteiger partial charge on any atom is -0.332 e. The number of carbonyl (C=O) groups is 3. The molecule has 0 spiro atoms. The first-order valence-electron chi connectivity index (χ1n) is 9.59. The van der Waals surface area contributed by atoms with E-state index in [0.29, 0.717) is 24.9 Å². The molecule has 2 aromatic carbocycles. The number of hydrogen-bond donors (Lipinski definition) is 1. The van der Waals surface area contributed by atoms with E-state index in [-0.39, 0.29) is 24.3 Å². The zero-order valence-corrected chi connectivity index (χ0v) is 16.1. The highest BCUT2D eigenvalue weighted by Crippen LogP contribution is 2.30. The second-order valence-corrected chi connectivity index (χ2v) is 7.29. The minimum absolute atomic E-state index is 0.0266. The van der Waals surface area contributed by atoms with Crippen molar-refractivity contribution in [3.63, 3.8) is 0 Å². The van der Waals surface area contributed by atoms with Gasteiger partial charge in [0.15, 0.2) is 0 Å². The molecule has 6 nitrogen and oxygen atoms in total. The number of imide groups is 1. The van der Waals surface area contributed by atoms with Crippen LogP contribution >= 0.6 is 0 Å². The van der Waals surface area contributed by atoms with Crippen LogP contribution in [0.5, 0.6) is 0 Å². The van der Waals surface area contributed by atoms with E-state index >= 15 is 0 Å². The Hall–Kier alpha value is -3.54. The molecule has 1 aromatic heterocycles. The molecule has 0 saturated heterocycles. The number of nitrogens with zero attached hydrogens (tertiary/aromatic N) is 2. The number of rotatable bonds is 6. The summed E-state index contributed by atoms with van der Waals surface area (Å²) in [5.74, 6) is -0.359. The summed E-state index contributed by atoms with van der Waals surface area (Å²) >= 11 is 0. The Labute approximate surface area is 168 Å². The smallest absolute Gasteiger partial charge is 0.254 e. The quantitative estimate of drug-likeness (QED) is 0.658. The summed E-state index contributed by atoms with van der Waals surface area (Å²) in [6.07, 6.45) is 2.94. The van der Waals surface area contributed by atoms with E-state index in [4.69, 9.17) is 0 Å². The van der Waals surface area contributed by atoms with E-state index in [1.807, 2.05) is 49.5 Å². The fourth-order valence-corrected chi connectivity index (χ4v) is 3.73. The standard InChI is InChI=1S/C23H21N3O3/c1-15(6-9-22(28)25-14-27)26-13-19-10-17(7-8-20(19)23(26)29)21-11-16-4-2-3-5-18(16)12-24-21/h2-5,7-8,10-12,14-15H,6,9,13H2,1H3,(H,25,27,28). The molecule has 6 heteroatoms. The molecule has 0 saturated carbocycles. The topological polar surface area (TPSA) is 79.4 Å². The zero-order valence-electron chi connectivity index (χ0n) is 16.1. The van der Waals surface area contributed by atoms with Gasteiger partial charge in [-0.2, -0.15) is 0 Å². The van der Waals surface area contributed by atoms with Crippen LogP contribution in [0.2, 0.25) is 0 Å². The van der Waals surface area contributed by atoms with Crippen LogP contribution in [0.1, 0.15) is 35.7 Å². The number of nitrogens with one attached hydrogen (secondary N) is 1. The van der Waals surface area contributed by atoms with Gasteiger partial charge in [-0.25, -0.2) is 0 Å². The van der Waals surface area contributed by atoms with Gasteiger partial charge in [0.1, 0.15) is 0 Å². The van der Waals surface area contributed by atoms with Gasteiger partial charge in [0.05, 0.1) is 5.69 Å². The van der Waals surface area contributed by atoms with Gasteiger partial charge in [0.2, 0.25) is 12.3 Å². The van der Waals surface area contributed by atoms with Crippen molar-refractivity contribution in [3.8, 4) is 11.3 Å². The summed E-state index contributed by atoms with van der Waals surface area (Å²) in [6.45, 7) is 2.43. The van der Waals surface area contributed by atoms with Crippen LogP contribution in [-0.2, 0) is 16.1 Å². The zero-order chi connectivity index (χ0) is 20.4. The largest absolute Gasteiger partial charge is 0.332 e. The van der Waals surface area contributed by atoms with Gasteiger partial charge >= 0.3 is 0 Å². The van der Waals surface area contributed by atoms with Gasteiger partial charge in [0.25, 0.3) is 5.91 Å². The van der Waals surface area contributed by atoms with Crippen LogP contribution in [0.25, 0.3) is 22.0 Å². The summed E-state index contributed by atoms with van der Waals surface area (Å²) in [5, 5.41) is 4.34. The summed E-state index contributed by atoms with van der Waals surface area (Å²) < 4.78 is 0. The first-order valence-corrected chi connectivity index (χ1v) is 9.59. The fourth-order valence-electron chi connectivity index (χ4n) is 3.73. The molecule has 3 aromatic rings. The Morgan fingerprint density at radius 2 is 2.00 bits per heavy atom. The molecule has 29 heavy (non-hydrogen) atoms. The Balaban J connectivity index is 1.53. The minimum atomic E-state index is -0.333. The highest BCUT2D eigenvalue weighted by molar-refractivity contribution is 5.99. The van der Waals surface area contributed by atoms with Crippen molar-refractivity contribution in [2.24, 2.45) is 0 Å². The van der Waals surface area contributed by atoms with Crippen LogP contribution in [0, 0.1) is 0 Å². The van der Waals surface area contributed by atoms with Crippen molar-refractivity contribution < 1.29 is 14.4 Å². The van der Waals surface area contributed by atoms with Gasteiger partial charge in [-0.15, -0.1) is 0 Å². The van der Waals surface area contributed by atoms with E-state index < -0.39 is 0 Å².